The largest absolute Gasteiger partial charge is 0.423 e. The van der Waals surface area contributed by atoms with Crippen molar-refractivity contribution in [3.63, 3.8) is 0 Å². The molecule has 0 saturated heterocycles. The number of ether oxygens (including phenoxy) is 1. The SMILES string of the molecule is CC(C)CC(S)(S)NC(=O)OC(S)(S)CC(C)C. The summed E-state index contributed by atoms with van der Waals surface area (Å²) in [6.07, 6.45) is 0.541. The summed E-state index contributed by atoms with van der Waals surface area (Å²) in [5, 5.41) is 2.59. The summed E-state index contributed by atoms with van der Waals surface area (Å²) in [7, 11) is 0. The van der Waals surface area contributed by atoms with E-state index in [0.717, 1.165) is 0 Å². The van der Waals surface area contributed by atoms with Crippen LogP contribution >= 0.6 is 50.5 Å². The van der Waals surface area contributed by atoms with Crippen LogP contribution in [0, 0.1) is 11.8 Å². The highest BCUT2D eigenvalue weighted by atomic mass is 32.2. The van der Waals surface area contributed by atoms with Crippen LogP contribution in [0.1, 0.15) is 40.5 Å². The molecule has 0 rings (SSSR count). The van der Waals surface area contributed by atoms with Crippen LogP contribution in [-0.4, -0.2) is 14.6 Å². The lowest BCUT2D eigenvalue weighted by Gasteiger charge is -2.29. The Morgan fingerprint density at radius 2 is 1.50 bits per heavy atom. The Kier molecular flexibility index (Phi) is 7.73. The number of alkyl carbamates (subject to hydrolysis) is 1. The molecule has 0 saturated carbocycles. The Hall–Kier alpha value is 0.670. The van der Waals surface area contributed by atoms with Crippen LogP contribution in [0.5, 0.6) is 0 Å². The number of carbonyl (C=O) groups is 1. The summed E-state index contributed by atoms with van der Waals surface area (Å²) < 4.78 is 3.16. The maximum atomic E-state index is 11.7. The van der Waals surface area contributed by atoms with Crippen LogP contribution in [0.2, 0.25) is 0 Å². The second-order valence-electron chi connectivity index (χ2n) is 5.27. The average molecular weight is 330 g/mol. The predicted octanol–water partition coefficient (Wildman–Crippen LogP) is 3.83. The summed E-state index contributed by atoms with van der Waals surface area (Å²) >= 11 is 17.0. The number of rotatable bonds is 6. The molecule has 0 unspecified atom stereocenters. The van der Waals surface area contributed by atoms with Gasteiger partial charge in [0.1, 0.15) is 4.20 Å². The molecule has 1 amide bonds. The highest BCUT2D eigenvalue weighted by molar-refractivity contribution is 8.00. The van der Waals surface area contributed by atoms with Crippen molar-refractivity contribution in [2.45, 2.75) is 49.0 Å². The third-order valence-electron chi connectivity index (χ3n) is 1.93. The van der Waals surface area contributed by atoms with Gasteiger partial charge < -0.3 is 4.74 Å². The van der Waals surface area contributed by atoms with Gasteiger partial charge in [-0.2, -0.15) is 0 Å². The van der Waals surface area contributed by atoms with Crippen LogP contribution in [-0.2, 0) is 4.74 Å². The van der Waals surface area contributed by atoms with Crippen molar-refractivity contribution >= 4 is 56.6 Å². The first-order chi connectivity index (χ1) is 7.93. The summed E-state index contributed by atoms with van der Waals surface area (Å²) in [6, 6.07) is 0. The van der Waals surface area contributed by atoms with E-state index in [-0.39, 0.29) is 0 Å². The fourth-order valence-corrected chi connectivity index (χ4v) is 3.34. The molecule has 108 valence electrons. The molecule has 0 aromatic rings. The van der Waals surface area contributed by atoms with Crippen LogP contribution in [0.3, 0.4) is 0 Å². The number of thiol groups is 4. The molecular formula is C11H23NO2S4. The van der Waals surface area contributed by atoms with Crippen molar-refractivity contribution in [1.29, 1.82) is 0 Å². The molecule has 0 fully saturated rings. The standard InChI is InChI=1S/C11H23NO2S4/c1-7(2)5-10(15,16)12-9(13)14-11(17,18)6-8(3)4/h7-8,15-18H,5-6H2,1-4H3,(H,12,13). The Morgan fingerprint density at radius 3 is 1.89 bits per heavy atom. The van der Waals surface area contributed by atoms with Gasteiger partial charge in [-0.15, -0.1) is 50.5 Å². The molecule has 7 heteroatoms. The number of hydrogen-bond acceptors (Lipinski definition) is 6. The van der Waals surface area contributed by atoms with E-state index in [4.69, 9.17) is 4.74 Å². The molecule has 3 nitrogen and oxygen atoms in total. The van der Waals surface area contributed by atoms with Gasteiger partial charge in [-0.25, -0.2) is 4.79 Å². The van der Waals surface area contributed by atoms with E-state index >= 15 is 0 Å². The molecule has 0 radical (unpaired) electrons. The topological polar surface area (TPSA) is 38.3 Å². The van der Waals surface area contributed by atoms with Gasteiger partial charge in [0.25, 0.3) is 0 Å². The summed E-state index contributed by atoms with van der Waals surface area (Å²) in [5.74, 6) is 0.674. The molecule has 0 aliphatic heterocycles. The Labute approximate surface area is 132 Å². The third kappa shape index (κ3) is 9.58. The van der Waals surface area contributed by atoms with Crippen LogP contribution in [0.4, 0.5) is 4.79 Å². The van der Waals surface area contributed by atoms with E-state index in [2.05, 4.69) is 55.8 Å². The van der Waals surface area contributed by atoms with Crippen molar-refractivity contribution in [3.05, 3.63) is 0 Å². The van der Waals surface area contributed by atoms with Crippen molar-refractivity contribution in [2.24, 2.45) is 11.8 Å². The highest BCUT2D eigenvalue weighted by Crippen LogP contribution is 2.31. The van der Waals surface area contributed by atoms with Gasteiger partial charge in [-0.3, -0.25) is 5.32 Å². The second-order valence-corrected chi connectivity index (χ2v) is 8.95. The first-order valence-electron chi connectivity index (χ1n) is 5.84. The lowest BCUT2D eigenvalue weighted by atomic mass is 10.1. The molecule has 0 spiro atoms. The molecular weight excluding hydrogens is 306 g/mol. The first-order valence-corrected chi connectivity index (χ1v) is 7.63. The number of amides is 1. The Morgan fingerprint density at radius 1 is 1.06 bits per heavy atom. The molecule has 18 heavy (non-hydrogen) atoms. The maximum absolute atomic E-state index is 11.7. The Balaban J connectivity index is 4.34. The van der Waals surface area contributed by atoms with E-state index in [0.29, 0.717) is 24.7 Å². The van der Waals surface area contributed by atoms with Crippen LogP contribution in [0.25, 0.3) is 0 Å². The van der Waals surface area contributed by atoms with E-state index in [1.54, 1.807) is 0 Å². The van der Waals surface area contributed by atoms with E-state index in [9.17, 15) is 4.79 Å². The van der Waals surface area contributed by atoms with Gasteiger partial charge in [-0.1, -0.05) is 27.7 Å². The molecule has 0 bridgehead atoms. The van der Waals surface area contributed by atoms with Gasteiger partial charge in [-0.05, 0) is 18.3 Å². The van der Waals surface area contributed by atoms with Gasteiger partial charge in [0, 0.05) is 6.42 Å². The van der Waals surface area contributed by atoms with Gasteiger partial charge in [0.05, 0.1) is 0 Å². The van der Waals surface area contributed by atoms with Crippen molar-refractivity contribution in [2.75, 3.05) is 0 Å². The molecule has 0 aromatic carbocycles. The predicted molar refractivity (Wildman–Crippen MR) is 89.9 cm³/mol. The normalized spacial score (nSPS) is 13.0. The lowest BCUT2D eigenvalue weighted by molar-refractivity contribution is 0.112. The number of carbonyl (C=O) groups excluding carboxylic acids is 1. The zero-order valence-electron chi connectivity index (χ0n) is 11.2. The molecule has 0 aromatic heterocycles. The lowest BCUT2D eigenvalue weighted by Crippen LogP contribution is -2.43. The Bertz CT molecular complexity index is 254. The van der Waals surface area contributed by atoms with Crippen LogP contribution in [0.15, 0.2) is 0 Å². The summed E-state index contributed by atoms with van der Waals surface area (Å²) in [5.41, 5.74) is 0. The number of nitrogens with one attached hydrogen (secondary N) is 1. The van der Waals surface area contributed by atoms with Gasteiger partial charge in [0.15, 0.2) is 0 Å². The van der Waals surface area contributed by atoms with Crippen LogP contribution < -0.4 is 5.32 Å². The summed E-state index contributed by atoms with van der Waals surface area (Å²) in [6.45, 7) is 8.05. The minimum absolute atomic E-state index is 0.320. The zero-order chi connectivity index (χ0) is 14.6. The van der Waals surface area contributed by atoms with Crippen molar-refractivity contribution < 1.29 is 9.53 Å². The van der Waals surface area contributed by atoms with Crippen molar-refractivity contribution in [1.82, 2.24) is 5.32 Å². The highest BCUT2D eigenvalue weighted by Gasteiger charge is 2.30. The van der Waals surface area contributed by atoms with Gasteiger partial charge >= 0.3 is 6.09 Å². The molecule has 0 aliphatic rings. The fourth-order valence-electron chi connectivity index (χ4n) is 1.53. The quantitative estimate of drug-likeness (QED) is 0.379. The van der Waals surface area contributed by atoms with Gasteiger partial charge in [0.2, 0.25) is 4.27 Å². The van der Waals surface area contributed by atoms with Crippen molar-refractivity contribution in [3.8, 4) is 0 Å². The van der Waals surface area contributed by atoms with E-state index < -0.39 is 14.6 Å². The minimum atomic E-state index is -1.09. The molecule has 0 atom stereocenters. The smallest absolute Gasteiger partial charge is 0.410 e. The first kappa shape index (κ1) is 18.7. The third-order valence-corrected chi connectivity index (χ3v) is 3.06. The second kappa shape index (κ2) is 7.45. The minimum Gasteiger partial charge on any atom is -0.423 e. The maximum Gasteiger partial charge on any atom is 0.410 e. The van der Waals surface area contributed by atoms with E-state index in [1.807, 2.05) is 27.7 Å². The monoisotopic (exact) mass is 329 g/mol. The summed E-state index contributed by atoms with van der Waals surface area (Å²) in [4.78, 5) is 11.7. The molecule has 1 N–H and O–H groups in total. The number of hydrogen-bond donors (Lipinski definition) is 5. The molecule has 0 heterocycles. The zero-order valence-corrected chi connectivity index (χ0v) is 14.8. The molecule has 0 aliphatic carbocycles. The average Bonchev–Trinajstić information content (AvgIpc) is 1.92. The van der Waals surface area contributed by atoms with E-state index in [1.165, 1.54) is 0 Å². The fraction of sp³-hybridized carbons (Fsp3) is 0.909.